The minimum atomic E-state index is -0.605. The van der Waals surface area contributed by atoms with E-state index in [4.69, 9.17) is 9.47 Å². The molecule has 2 atom stereocenters. The Morgan fingerprint density at radius 2 is 1.55 bits per heavy atom. The van der Waals surface area contributed by atoms with Gasteiger partial charge in [0.25, 0.3) is 0 Å². The molecule has 4 aromatic rings. The zero-order chi connectivity index (χ0) is 19.8. The predicted molar refractivity (Wildman–Crippen MR) is 114 cm³/mol. The van der Waals surface area contributed by atoms with Gasteiger partial charge in [0.2, 0.25) is 5.78 Å². The lowest BCUT2D eigenvalue weighted by Crippen LogP contribution is -2.30. The van der Waals surface area contributed by atoms with E-state index in [1.165, 1.54) is 0 Å². The Hall–Kier alpha value is -3.59. The van der Waals surface area contributed by atoms with Gasteiger partial charge in [0.1, 0.15) is 11.5 Å². The molecule has 0 spiro atoms. The Morgan fingerprint density at radius 3 is 2.31 bits per heavy atom. The molecular formula is C26H20O3. The molecule has 0 aliphatic carbocycles. The summed E-state index contributed by atoms with van der Waals surface area (Å²) in [6.45, 7) is 0. The normalized spacial score (nSPS) is 17.6. The topological polar surface area (TPSA) is 35.5 Å². The number of Topliss-reactive ketones (excluding diaryl/α,β-unsaturated/α-hetero) is 1. The Labute approximate surface area is 169 Å². The predicted octanol–water partition coefficient (Wildman–Crippen LogP) is 5.62. The standard InChI is InChI=1S/C26H20O3/c1-28-20-14-11-18(12-15-20)23-24-21-10-6-5-7-17(21)13-16-22(24)29-26(23)25(27)19-8-3-2-4-9-19/h2-16,23,26H,1H3/t23-,26-/m1/s1. The van der Waals surface area contributed by atoms with Crippen LogP contribution in [-0.4, -0.2) is 19.0 Å². The van der Waals surface area contributed by atoms with E-state index in [1.807, 2.05) is 72.8 Å². The van der Waals surface area contributed by atoms with Gasteiger partial charge in [0.15, 0.2) is 6.10 Å². The first-order chi connectivity index (χ1) is 14.3. The van der Waals surface area contributed by atoms with Crippen molar-refractivity contribution in [1.29, 1.82) is 0 Å². The van der Waals surface area contributed by atoms with Gasteiger partial charge in [-0.25, -0.2) is 0 Å². The summed E-state index contributed by atoms with van der Waals surface area (Å²) in [7, 11) is 1.65. The third kappa shape index (κ3) is 2.95. The smallest absolute Gasteiger partial charge is 0.204 e. The number of carbonyl (C=O) groups is 1. The van der Waals surface area contributed by atoms with Gasteiger partial charge in [-0.05, 0) is 34.5 Å². The number of fused-ring (bicyclic) bond motifs is 3. The monoisotopic (exact) mass is 380 g/mol. The van der Waals surface area contributed by atoms with E-state index in [9.17, 15) is 4.79 Å². The molecule has 0 aromatic heterocycles. The Morgan fingerprint density at radius 1 is 0.828 bits per heavy atom. The molecule has 0 fully saturated rings. The lowest BCUT2D eigenvalue weighted by molar-refractivity contribution is 0.0807. The van der Waals surface area contributed by atoms with Crippen molar-refractivity contribution in [2.24, 2.45) is 0 Å². The highest BCUT2D eigenvalue weighted by Crippen LogP contribution is 2.47. The van der Waals surface area contributed by atoms with Crippen molar-refractivity contribution in [2.75, 3.05) is 7.11 Å². The number of ketones is 1. The van der Waals surface area contributed by atoms with E-state index in [0.717, 1.165) is 33.4 Å². The van der Waals surface area contributed by atoms with Crippen LogP contribution in [0.4, 0.5) is 0 Å². The van der Waals surface area contributed by atoms with Crippen molar-refractivity contribution in [3.8, 4) is 11.5 Å². The summed E-state index contributed by atoms with van der Waals surface area (Å²) < 4.78 is 11.6. The van der Waals surface area contributed by atoms with Crippen LogP contribution in [0.1, 0.15) is 27.4 Å². The molecule has 4 aromatic carbocycles. The average molecular weight is 380 g/mol. The minimum absolute atomic E-state index is 0.00769. The number of carbonyl (C=O) groups excluding carboxylic acids is 1. The van der Waals surface area contributed by atoms with E-state index < -0.39 is 6.10 Å². The molecule has 5 rings (SSSR count). The van der Waals surface area contributed by atoms with Crippen molar-refractivity contribution in [3.63, 3.8) is 0 Å². The van der Waals surface area contributed by atoms with Gasteiger partial charge in [-0.1, -0.05) is 72.8 Å². The van der Waals surface area contributed by atoms with Crippen LogP contribution in [0.15, 0.2) is 91.0 Å². The van der Waals surface area contributed by atoms with Crippen LogP contribution in [0, 0.1) is 0 Å². The van der Waals surface area contributed by atoms with Gasteiger partial charge in [0.05, 0.1) is 13.0 Å². The number of benzene rings is 4. The van der Waals surface area contributed by atoms with Gasteiger partial charge in [-0.2, -0.15) is 0 Å². The first-order valence-electron chi connectivity index (χ1n) is 9.68. The maximum atomic E-state index is 13.4. The second-order valence-electron chi connectivity index (χ2n) is 7.22. The second-order valence-corrected chi connectivity index (χ2v) is 7.22. The summed E-state index contributed by atoms with van der Waals surface area (Å²) in [6, 6.07) is 29.6. The largest absolute Gasteiger partial charge is 0.497 e. The minimum Gasteiger partial charge on any atom is -0.497 e. The maximum Gasteiger partial charge on any atom is 0.204 e. The molecule has 0 unspecified atom stereocenters. The summed E-state index contributed by atoms with van der Waals surface area (Å²) in [5, 5.41) is 2.26. The SMILES string of the molecule is COc1ccc([C@@H]2c3c(ccc4ccccc34)O[C@H]2C(=O)c2ccccc2)cc1. The molecule has 142 valence electrons. The highest BCUT2D eigenvalue weighted by molar-refractivity contribution is 6.02. The molecule has 3 heteroatoms. The zero-order valence-corrected chi connectivity index (χ0v) is 16.0. The van der Waals surface area contributed by atoms with E-state index in [2.05, 4.69) is 18.2 Å². The van der Waals surface area contributed by atoms with Crippen LogP contribution in [0.5, 0.6) is 11.5 Å². The van der Waals surface area contributed by atoms with E-state index in [1.54, 1.807) is 7.11 Å². The van der Waals surface area contributed by atoms with Crippen molar-refractivity contribution in [3.05, 3.63) is 108 Å². The van der Waals surface area contributed by atoms with Crippen LogP contribution >= 0.6 is 0 Å². The molecule has 1 aliphatic rings. The summed E-state index contributed by atoms with van der Waals surface area (Å²) in [4.78, 5) is 13.4. The summed E-state index contributed by atoms with van der Waals surface area (Å²) in [6.07, 6.45) is -0.605. The second kappa shape index (κ2) is 7.10. The Kier molecular flexibility index (Phi) is 4.28. The fourth-order valence-electron chi connectivity index (χ4n) is 4.18. The molecular weight excluding hydrogens is 360 g/mol. The lowest BCUT2D eigenvalue weighted by Gasteiger charge is -2.19. The number of hydrogen-bond donors (Lipinski definition) is 0. The lowest BCUT2D eigenvalue weighted by atomic mass is 9.83. The Balaban J connectivity index is 1.68. The quantitative estimate of drug-likeness (QED) is 0.431. The van der Waals surface area contributed by atoms with Crippen LogP contribution < -0.4 is 9.47 Å². The van der Waals surface area contributed by atoms with Crippen LogP contribution in [0.3, 0.4) is 0 Å². The van der Waals surface area contributed by atoms with Crippen molar-refractivity contribution < 1.29 is 14.3 Å². The van der Waals surface area contributed by atoms with Crippen LogP contribution in [-0.2, 0) is 0 Å². The fourth-order valence-corrected chi connectivity index (χ4v) is 4.18. The maximum absolute atomic E-state index is 13.4. The number of rotatable bonds is 4. The number of ether oxygens (including phenoxy) is 2. The molecule has 0 saturated carbocycles. The van der Waals surface area contributed by atoms with Gasteiger partial charge in [0, 0.05) is 11.1 Å². The third-order valence-corrected chi connectivity index (χ3v) is 5.59. The zero-order valence-electron chi connectivity index (χ0n) is 16.0. The molecule has 29 heavy (non-hydrogen) atoms. The average Bonchev–Trinajstić information content (AvgIpc) is 3.19. The number of methoxy groups -OCH3 is 1. The summed E-state index contributed by atoms with van der Waals surface area (Å²) >= 11 is 0. The van der Waals surface area contributed by atoms with Gasteiger partial charge in [-0.15, -0.1) is 0 Å². The third-order valence-electron chi connectivity index (χ3n) is 5.59. The van der Waals surface area contributed by atoms with Crippen LogP contribution in [0.2, 0.25) is 0 Å². The number of hydrogen-bond acceptors (Lipinski definition) is 3. The van der Waals surface area contributed by atoms with E-state index >= 15 is 0 Å². The summed E-state index contributed by atoms with van der Waals surface area (Å²) in [5.74, 6) is 1.37. The molecule has 1 aliphatic heterocycles. The van der Waals surface area contributed by atoms with Gasteiger partial charge < -0.3 is 9.47 Å². The molecule has 0 saturated heterocycles. The van der Waals surface area contributed by atoms with Crippen molar-refractivity contribution in [2.45, 2.75) is 12.0 Å². The van der Waals surface area contributed by atoms with E-state index in [0.29, 0.717) is 5.56 Å². The molecule has 0 amide bonds. The Bertz CT molecular complexity index is 1180. The first-order valence-corrected chi connectivity index (χ1v) is 9.68. The van der Waals surface area contributed by atoms with Crippen molar-refractivity contribution in [1.82, 2.24) is 0 Å². The van der Waals surface area contributed by atoms with Crippen molar-refractivity contribution >= 4 is 16.6 Å². The molecule has 0 bridgehead atoms. The highest BCUT2D eigenvalue weighted by Gasteiger charge is 2.41. The van der Waals surface area contributed by atoms with E-state index in [-0.39, 0.29) is 11.7 Å². The molecule has 0 N–H and O–H groups in total. The van der Waals surface area contributed by atoms with Gasteiger partial charge in [-0.3, -0.25) is 4.79 Å². The first kappa shape index (κ1) is 17.5. The van der Waals surface area contributed by atoms with Gasteiger partial charge >= 0.3 is 0 Å². The molecule has 1 heterocycles. The fraction of sp³-hybridized carbons (Fsp3) is 0.115. The molecule has 3 nitrogen and oxygen atoms in total. The summed E-state index contributed by atoms with van der Waals surface area (Å²) in [5.41, 5.74) is 2.77. The van der Waals surface area contributed by atoms with Crippen LogP contribution in [0.25, 0.3) is 10.8 Å². The highest BCUT2D eigenvalue weighted by atomic mass is 16.5. The molecule has 0 radical (unpaired) electrons.